The molecular formula is C21H23N3O2. The summed E-state index contributed by atoms with van der Waals surface area (Å²) in [5.74, 6) is -0.917. The maximum atomic E-state index is 10.5. The van der Waals surface area contributed by atoms with Crippen LogP contribution in [0.2, 0.25) is 0 Å². The Morgan fingerprint density at radius 1 is 1.19 bits per heavy atom. The number of carboxylic acids is 1. The molecule has 5 nitrogen and oxygen atoms in total. The van der Waals surface area contributed by atoms with Gasteiger partial charge in [0.15, 0.2) is 5.65 Å². The zero-order valence-corrected chi connectivity index (χ0v) is 15.4. The summed E-state index contributed by atoms with van der Waals surface area (Å²) in [7, 11) is 0. The number of carbonyl (C=O) groups is 1. The first kappa shape index (κ1) is 17.9. The summed E-state index contributed by atoms with van der Waals surface area (Å²) in [5, 5.41) is 13.4. The number of hydrogen-bond acceptors (Lipinski definition) is 3. The number of aromatic nitrogens is 3. The predicted molar refractivity (Wildman–Crippen MR) is 102 cm³/mol. The van der Waals surface area contributed by atoms with E-state index in [1.807, 2.05) is 29.6 Å². The second kappa shape index (κ2) is 7.52. The third kappa shape index (κ3) is 3.82. The van der Waals surface area contributed by atoms with Crippen molar-refractivity contribution in [1.29, 1.82) is 0 Å². The number of aryl methyl sites for hydroxylation is 3. The van der Waals surface area contributed by atoms with Crippen LogP contribution < -0.4 is 0 Å². The topological polar surface area (TPSA) is 67.5 Å². The third-order valence-corrected chi connectivity index (χ3v) is 4.43. The highest BCUT2D eigenvalue weighted by Gasteiger charge is 2.15. The van der Waals surface area contributed by atoms with Crippen molar-refractivity contribution < 1.29 is 9.90 Å². The third-order valence-electron chi connectivity index (χ3n) is 4.43. The minimum Gasteiger partial charge on any atom is -0.478 e. The molecule has 0 saturated heterocycles. The highest BCUT2D eigenvalue weighted by Crippen LogP contribution is 2.21. The number of carboxylic acid groups (broad SMARTS) is 1. The first-order valence-corrected chi connectivity index (χ1v) is 8.80. The van der Waals surface area contributed by atoms with Crippen LogP contribution in [-0.2, 0) is 24.1 Å². The molecule has 0 aliphatic carbocycles. The highest BCUT2D eigenvalue weighted by molar-refractivity contribution is 5.79. The van der Waals surface area contributed by atoms with E-state index in [0.29, 0.717) is 6.42 Å². The van der Waals surface area contributed by atoms with Gasteiger partial charge in [0.25, 0.3) is 0 Å². The Kier molecular flexibility index (Phi) is 5.16. The Labute approximate surface area is 153 Å². The van der Waals surface area contributed by atoms with Crippen LogP contribution in [0.4, 0.5) is 0 Å². The Hall–Kier alpha value is -2.95. The molecule has 2 heterocycles. The summed E-state index contributed by atoms with van der Waals surface area (Å²) < 4.78 is 1.94. The first-order chi connectivity index (χ1) is 12.5. The molecule has 1 N–H and O–H groups in total. The van der Waals surface area contributed by atoms with E-state index in [2.05, 4.69) is 26.0 Å². The van der Waals surface area contributed by atoms with Gasteiger partial charge < -0.3 is 5.11 Å². The summed E-state index contributed by atoms with van der Waals surface area (Å²) in [4.78, 5) is 15.2. The van der Waals surface area contributed by atoms with E-state index in [1.165, 1.54) is 17.2 Å². The number of allylic oxidation sites excluding steroid dienone is 1. The number of nitrogens with zero attached hydrogens (tertiary/aromatic N) is 3. The highest BCUT2D eigenvalue weighted by atomic mass is 16.4. The fourth-order valence-electron chi connectivity index (χ4n) is 3.17. The Morgan fingerprint density at radius 3 is 2.54 bits per heavy atom. The molecular weight excluding hydrogens is 326 g/mol. The van der Waals surface area contributed by atoms with Gasteiger partial charge in [0.1, 0.15) is 0 Å². The van der Waals surface area contributed by atoms with E-state index < -0.39 is 5.97 Å². The summed E-state index contributed by atoms with van der Waals surface area (Å²) >= 11 is 0. The van der Waals surface area contributed by atoms with Crippen molar-refractivity contribution in [2.24, 2.45) is 0 Å². The Balaban J connectivity index is 1.88. The lowest BCUT2D eigenvalue weighted by Crippen LogP contribution is -1.98. The number of aliphatic carboxylic acids is 1. The molecule has 0 aliphatic rings. The van der Waals surface area contributed by atoms with Crippen LogP contribution in [-0.4, -0.2) is 25.7 Å². The normalized spacial score (nSPS) is 11.5. The van der Waals surface area contributed by atoms with Crippen molar-refractivity contribution in [3.05, 3.63) is 76.3 Å². The summed E-state index contributed by atoms with van der Waals surface area (Å²) in [5.41, 5.74) is 7.58. The van der Waals surface area contributed by atoms with Gasteiger partial charge in [-0.3, -0.25) is 0 Å². The molecule has 5 heteroatoms. The Bertz CT molecular complexity index is 969. The van der Waals surface area contributed by atoms with Crippen molar-refractivity contribution >= 4 is 11.6 Å². The van der Waals surface area contributed by atoms with E-state index in [-0.39, 0.29) is 0 Å². The van der Waals surface area contributed by atoms with Gasteiger partial charge in [-0.15, -0.1) is 0 Å². The molecule has 0 aliphatic heterocycles. The smallest absolute Gasteiger partial charge is 0.327 e. The molecule has 0 bridgehead atoms. The molecule has 0 radical (unpaired) electrons. The number of fused-ring (bicyclic) bond motifs is 1. The monoisotopic (exact) mass is 349 g/mol. The summed E-state index contributed by atoms with van der Waals surface area (Å²) in [6.07, 6.45) is 5.11. The molecule has 0 atom stereocenters. The predicted octanol–water partition coefficient (Wildman–Crippen LogP) is 3.68. The second-order valence-electron chi connectivity index (χ2n) is 6.49. The average molecular weight is 349 g/mol. The first-order valence-electron chi connectivity index (χ1n) is 8.80. The molecule has 134 valence electrons. The van der Waals surface area contributed by atoms with E-state index in [4.69, 9.17) is 15.2 Å². The van der Waals surface area contributed by atoms with Gasteiger partial charge >= 0.3 is 5.97 Å². The number of rotatable bonds is 6. The lowest BCUT2D eigenvalue weighted by Gasteiger charge is -2.05. The van der Waals surface area contributed by atoms with Gasteiger partial charge in [-0.05, 0) is 43.9 Å². The van der Waals surface area contributed by atoms with Crippen LogP contribution in [0.15, 0.2) is 42.5 Å². The summed E-state index contributed by atoms with van der Waals surface area (Å²) in [6.45, 7) is 6.18. The SMILES string of the molecule is CCc1nn2c(C)cc(C)nc2c1Cc1ccc(C/C=C/C(=O)O)cc1. The zero-order valence-electron chi connectivity index (χ0n) is 15.4. The van der Waals surface area contributed by atoms with E-state index in [1.54, 1.807) is 6.08 Å². The quantitative estimate of drug-likeness (QED) is 0.689. The van der Waals surface area contributed by atoms with Crippen LogP contribution in [0, 0.1) is 13.8 Å². The molecule has 1 aromatic carbocycles. The van der Waals surface area contributed by atoms with Gasteiger partial charge in [-0.2, -0.15) is 5.10 Å². The molecule has 3 aromatic rings. The minimum absolute atomic E-state index is 0.615. The van der Waals surface area contributed by atoms with Crippen molar-refractivity contribution in [2.75, 3.05) is 0 Å². The molecule has 2 aromatic heterocycles. The minimum atomic E-state index is -0.917. The number of hydrogen-bond donors (Lipinski definition) is 1. The van der Waals surface area contributed by atoms with Crippen LogP contribution >= 0.6 is 0 Å². The van der Waals surface area contributed by atoms with E-state index in [0.717, 1.165) is 41.1 Å². The maximum Gasteiger partial charge on any atom is 0.327 e. The molecule has 0 amide bonds. The van der Waals surface area contributed by atoms with Crippen molar-refractivity contribution in [1.82, 2.24) is 14.6 Å². The van der Waals surface area contributed by atoms with Crippen LogP contribution in [0.5, 0.6) is 0 Å². The molecule has 0 saturated carbocycles. The standard InChI is InChI=1S/C21H23N3O2/c1-4-19-18(21-22-14(2)12-15(3)24(21)23-19)13-17-10-8-16(9-11-17)6-5-7-20(25)26/h5,7-12H,4,6,13H2,1-3H3,(H,25,26)/b7-5+. The van der Waals surface area contributed by atoms with Crippen LogP contribution in [0.1, 0.15) is 40.7 Å². The lowest BCUT2D eigenvalue weighted by molar-refractivity contribution is -0.131. The molecule has 0 unspecified atom stereocenters. The van der Waals surface area contributed by atoms with Gasteiger partial charge in [0, 0.05) is 29.4 Å². The van der Waals surface area contributed by atoms with Crippen molar-refractivity contribution in [3.63, 3.8) is 0 Å². The molecule has 0 spiro atoms. The van der Waals surface area contributed by atoms with Gasteiger partial charge in [0.05, 0.1) is 5.69 Å². The molecule has 0 fully saturated rings. The fourth-order valence-corrected chi connectivity index (χ4v) is 3.17. The van der Waals surface area contributed by atoms with Crippen LogP contribution in [0.25, 0.3) is 5.65 Å². The van der Waals surface area contributed by atoms with E-state index >= 15 is 0 Å². The Morgan fingerprint density at radius 2 is 1.88 bits per heavy atom. The lowest BCUT2D eigenvalue weighted by atomic mass is 10.0. The van der Waals surface area contributed by atoms with Gasteiger partial charge in [-0.25, -0.2) is 14.3 Å². The van der Waals surface area contributed by atoms with Crippen molar-refractivity contribution in [2.45, 2.75) is 40.0 Å². The van der Waals surface area contributed by atoms with Gasteiger partial charge in [0.2, 0.25) is 0 Å². The average Bonchev–Trinajstić information content (AvgIpc) is 2.94. The van der Waals surface area contributed by atoms with Crippen molar-refractivity contribution in [3.8, 4) is 0 Å². The zero-order chi connectivity index (χ0) is 18.7. The largest absolute Gasteiger partial charge is 0.478 e. The van der Waals surface area contributed by atoms with Crippen LogP contribution in [0.3, 0.4) is 0 Å². The maximum absolute atomic E-state index is 10.5. The number of benzene rings is 1. The fraction of sp³-hybridized carbons (Fsp3) is 0.286. The second-order valence-corrected chi connectivity index (χ2v) is 6.49. The van der Waals surface area contributed by atoms with Gasteiger partial charge in [-0.1, -0.05) is 37.3 Å². The summed E-state index contributed by atoms with van der Waals surface area (Å²) in [6, 6.07) is 10.3. The molecule has 26 heavy (non-hydrogen) atoms. The van der Waals surface area contributed by atoms with E-state index in [9.17, 15) is 4.79 Å². The molecule has 3 rings (SSSR count).